The lowest BCUT2D eigenvalue weighted by molar-refractivity contribution is 0.257. The van der Waals surface area contributed by atoms with Crippen LogP contribution in [0.5, 0.6) is 0 Å². The minimum atomic E-state index is -0.418. The predicted molar refractivity (Wildman–Crippen MR) is 71.2 cm³/mol. The van der Waals surface area contributed by atoms with Gasteiger partial charge in [-0.25, -0.2) is 0 Å². The highest BCUT2D eigenvalue weighted by molar-refractivity contribution is 7.13. The fraction of sp³-hybridized carbons (Fsp3) is 0.538. The summed E-state index contributed by atoms with van der Waals surface area (Å²) in [6.45, 7) is 0. The van der Waals surface area contributed by atoms with Crippen molar-refractivity contribution in [1.29, 1.82) is 0 Å². The van der Waals surface area contributed by atoms with E-state index in [2.05, 4.69) is 10.1 Å². The van der Waals surface area contributed by atoms with Crippen LogP contribution in [0.15, 0.2) is 22.0 Å². The van der Waals surface area contributed by atoms with Gasteiger partial charge in [0.15, 0.2) is 0 Å². The Balaban J connectivity index is 1.88. The van der Waals surface area contributed by atoms with Crippen LogP contribution in [0.4, 0.5) is 0 Å². The highest BCUT2D eigenvalue weighted by atomic mass is 32.1. The molecule has 1 aliphatic carbocycles. The maximum atomic E-state index is 6.45. The van der Waals surface area contributed by atoms with Crippen molar-refractivity contribution in [2.75, 3.05) is 0 Å². The summed E-state index contributed by atoms with van der Waals surface area (Å²) in [5, 5.41) is 6.06. The Bertz CT molecular complexity index is 498. The molecular formula is C13H17N3OS. The van der Waals surface area contributed by atoms with E-state index in [1.54, 1.807) is 11.3 Å². The first-order valence-electron chi connectivity index (χ1n) is 6.45. The number of nitrogens with two attached hydrogens (primary N) is 1. The average molecular weight is 263 g/mol. The van der Waals surface area contributed by atoms with Crippen molar-refractivity contribution in [1.82, 2.24) is 10.1 Å². The molecule has 3 rings (SSSR count). The summed E-state index contributed by atoms with van der Waals surface area (Å²) < 4.78 is 5.41. The Morgan fingerprint density at radius 3 is 2.67 bits per heavy atom. The van der Waals surface area contributed by atoms with Gasteiger partial charge in [-0.3, -0.25) is 0 Å². The lowest BCUT2D eigenvalue weighted by Crippen LogP contribution is -2.36. The van der Waals surface area contributed by atoms with E-state index >= 15 is 0 Å². The predicted octanol–water partition coefficient (Wildman–Crippen LogP) is 3.31. The van der Waals surface area contributed by atoms with Gasteiger partial charge in [-0.05, 0) is 24.3 Å². The summed E-state index contributed by atoms with van der Waals surface area (Å²) in [4.78, 5) is 5.53. The monoisotopic (exact) mass is 263 g/mol. The normalized spacial score (nSPS) is 19.6. The van der Waals surface area contributed by atoms with Crippen molar-refractivity contribution >= 4 is 11.3 Å². The van der Waals surface area contributed by atoms with Gasteiger partial charge in [0, 0.05) is 0 Å². The van der Waals surface area contributed by atoms with Crippen molar-refractivity contribution in [3.05, 3.63) is 23.4 Å². The second-order valence-corrected chi connectivity index (χ2v) is 5.92. The number of rotatable bonds is 2. The third kappa shape index (κ3) is 2.20. The molecule has 1 fully saturated rings. The summed E-state index contributed by atoms with van der Waals surface area (Å²) >= 11 is 1.61. The first kappa shape index (κ1) is 11.9. The molecule has 1 aliphatic rings. The van der Waals surface area contributed by atoms with Gasteiger partial charge in [0.2, 0.25) is 11.7 Å². The first-order valence-corrected chi connectivity index (χ1v) is 7.33. The molecule has 96 valence electrons. The maximum absolute atomic E-state index is 6.45. The third-order valence-electron chi connectivity index (χ3n) is 3.59. The number of aromatic nitrogens is 2. The van der Waals surface area contributed by atoms with E-state index in [0.29, 0.717) is 11.7 Å². The van der Waals surface area contributed by atoms with Crippen molar-refractivity contribution in [3.63, 3.8) is 0 Å². The molecule has 1 saturated carbocycles. The molecule has 0 unspecified atom stereocenters. The zero-order valence-corrected chi connectivity index (χ0v) is 11.1. The molecule has 2 aromatic heterocycles. The molecule has 0 aromatic carbocycles. The van der Waals surface area contributed by atoms with Crippen LogP contribution in [-0.2, 0) is 5.54 Å². The molecular weight excluding hydrogens is 246 g/mol. The minimum Gasteiger partial charge on any atom is -0.337 e. The minimum absolute atomic E-state index is 0.418. The van der Waals surface area contributed by atoms with Crippen LogP contribution in [0.1, 0.15) is 44.4 Å². The lowest BCUT2D eigenvalue weighted by atomic mass is 9.91. The average Bonchev–Trinajstić information content (AvgIpc) is 3.00. The Labute approximate surface area is 110 Å². The third-order valence-corrected chi connectivity index (χ3v) is 4.46. The number of hydrogen-bond acceptors (Lipinski definition) is 5. The Hall–Kier alpha value is -1.20. The molecule has 5 heteroatoms. The van der Waals surface area contributed by atoms with Crippen LogP contribution in [0.2, 0.25) is 0 Å². The van der Waals surface area contributed by atoms with E-state index in [1.807, 2.05) is 17.5 Å². The highest BCUT2D eigenvalue weighted by Crippen LogP contribution is 2.34. The van der Waals surface area contributed by atoms with Gasteiger partial charge in [-0.15, -0.1) is 11.3 Å². The van der Waals surface area contributed by atoms with E-state index in [4.69, 9.17) is 10.3 Å². The molecule has 0 atom stereocenters. The summed E-state index contributed by atoms with van der Waals surface area (Å²) in [5.74, 6) is 1.27. The van der Waals surface area contributed by atoms with Crippen molar-refractivity contribution < 1.29 is 4.52 Å². The summed E-state index contributed by atoms with van der Waals surface area (Å²) in [5.41, 5.74) is 6.04. The summed E-state index contributed by atoms with van der Waals surface area (Å²) in [6, 6.07) is 3.98. The van der Waals surface area contributed by atoms with Crippen molar-refractivity contribution in [2.45, 2.75) is 44.1 Å². The van der Waals surface area contributed by atoms with Crippen LogP contribution in [0.3, 0.4) is 0 Å². The van der Waals surface area contributed by atoms with Crippen LogP contribution in [0, 0.1) is 0 Å². The van der Waals surface area contributed by atoms with E-state index in [1.165, 1.54) is 12.8 Å². The van der Waals surface area contributed by atoms with Gasteiger partial charge in [0.1, 0.15) is 0 Å². The topological polar surface area (TPSA) is 64.9 Å². The van der Waals surface area contributed by atoms with Crippen LogP contribution >= 0.6 is 11.3 Å². The Morgan fingerprint density at radius 1 is 1.22 bits per heavy atom. The molecule has 0 bridgehead atoms. The number of hydrogen-bond donors (Lipinski definition) is 1. The molecule has 2 heterocycles. The molecule has 2 N–H and O–H groups in total. The van der Waals surface area contributed by atoms with E-state index in [9.17, 15) is 0 Å². The largest absolute Gasteiger partial charge is 0.337 e. The van der Waals surface area contributed by atoms with Gasteiger partial charge in [0.05, 0.1) is 10.4 Å². The van der Waals surface area contributed by atoms with Crippen LogP contribution < -0.4 is 5.73 Å². The smallest absolute Gasteiger partial charge is 0.247 e. The fourth-order valence-electron chi connectivity index (χ4n) is 2.50. The molecule has 4 nitrogen and oxygen atoms in total. The van der Waals surface area contributed by atoms with Crippen LogP contribution in [0.25, 0.3) is 10.7 Å². The molecule has 0 amide bonds. The Kier molecular flexibility index (Phi) is 3.18. The van der Waals surface area contributed by atoms with Gasteiger partial charge in [-0.2, -0.15) is 4.98 Å². The second kappa shape index (κ2) is 4.82. The molecule has 18 heavy (non-hydrogen) atoms. The summed E-state index contributed by atoms with van der Waals surface area (Å²) in [6.07, 6.45) is 6.69. The fourth-order valence-corrected chi connectivity index (χ4v) is 3.15. The van der Waals surface area contributed by atoms with E-state index in [-0.39, 0.29) is 0 Å². The maximum Gasteiger partial charge on any atom is 0.247 e. The van der Waals surface area contributed by atoms with E-state index < -0.39 is 5.54 Å². The Morgan fingerprint density at radius 2 is 2.00 bits per heavy atom. The highest BCUT2D eigenvalue weighted by Gasteiger charge is 2.34. The molecule has 0 saturated heterocycles. The van der Waals surface area contributed by atoms with Gasteiger partial charge >= 0.3 is 0 Å². The van der Waals surface area contributed by atoms with E-state index in [0.717, 1.165) is 30.6 Å². The molecule has 0 radical (unpaired) electrons. The van der Waals surface area contributed by atoms with Crippen molar-refractivity contribution in [3.8, 4) is 10.7 Å². The van der Waals surface area contributed by atoms with Gasteiger partial charge < -0.3 is 10.3 Å². The summed E-state index contributed by atoms with van der Waals surface area (Å²) in [7, 11) is 0. The quantitative estimate of drug-likeness (QED) is 0.844. The van der Waals surface area contributed by atoms with Gasteiger partial charge in [-0.1, -0.05) is 36.9 Å². The zero-order chi connectivity index (χ0) is 12.4. The molecule has 2 aromatic rings. The zero-order valence-electron chi connectivity index (χ0n) is 10.3. The lowest BCUT2D eigenvalue weighted by Gasteiger charge is -2.22. The second-order valence-electron chi connectivity index (χ2n) is 4.97. The number of nitrogens with zero attached hydrogens (tertiary/aromatic N) is 2. The van der Waals surface area contributed by atoms with Gasteiger partial charge in [0.25, 0.3) is 0 Å². The standard InChI is InChI=1S/C13H17N3OS/c14-13(7-3-1-2-4-8-13)12-15-11(16-17-12)10-6-5-9-18-10/h5-6,9H,1-4,7-8,14H2. The first-order chi connectivity index (χ1) is 8.78. The van der Waals surface area contributed by atoms with Crippen molar-refractivity contribution in [2.24, 2.45) is 5.73 Å². The number of thiophene rings is 1. The SMILES string of the molecule is NC1(c2nc(-c3cccs3)no2)CCCCCC1. The van der Waals surface area contributed by atoms with Crippen LogP contribution in [-0.4, -0.2) is 10.1 Å². The molecule has 0 spiro atoms. The molecule has 0 aliphatic heterocycles.